The highest BCUT2D eigenvalue weighted by molar-refractivity contribution is 5.73. The van der Waals surface area contributed by atoms with E-state index < -0.39 is 11.7 Å². The molecule has 0 aliphatic heterocycles. The van der Waals surface area contributed by atoms with E-state index in [0.717, 1.165) is 5.56 Å². The summed E-state index contributed by atoms with van der Waals surface area (Å²) in [7, 11) is 1.59. The van der Waals surface area contributed by atoms with Crippen molar-refractivity contribution in [3.05, 3.63) is 29.8 Å². The van der Waals surface area contributed by atoms with Gasteiger partial charge < -0.3 is 19.5 Å². The molecule has 1 aromatic carbocycles. The first-order chi connectivity index (χ1) is 11.8. The zero-order valence-electron chi connectivity index (χ0n) is 15.8. The molecule has 0 aromatic heterocycles. The molecule has 0 radical (unpaired) electrons. The summed E-state index contributed by atoms with van der Waals surface area (Å²) in [5.74, 6) is 0.129. The number of amides is 1. The van der Waals surface area contributed by atoms with Crippen LogP contribution < -0.4 is 10.1 Å². The zero-order valence-corrected chi connectivity index (χ0v) is 15.8. The maximum Gasteiger partial charge on any atom is 0.408 e. The second-order valence-corrected chi connectivity index (χ2v) is 6.72. The van der Waals surface area contributed by atoms with Crippen molar-refractivity contribution in [2.45, 2.75) is 58.6 Å². The lowest BCUT2D eigenvalue weighted by Gasteiger charge is -2.24. The van der Waals surface area contributed by atoms with Gasteiger partial charge in [0.05, 0.1) is 6.04 Å². The fraction of sp³-hybridized carbons (Fsp3) is 0.579. The van der Waals surface area contributed by atoms with Gasteiger partial charge >= 0.3 is 12.1 Å². The number of hydrogen-bond donors (Lipinski definition) is 1. The van der Waals surface area contributed by atoms with Gasteiger partial charge in [0, 0.05) is 25.7 Å². The summed E-state index contributed by atoms with van der Waals surface area (Å²) >= 11 is 0. The molecule has 0 aliphatic carbocycles. The van der Waals surface area contributed by atoms with Crippen LogP contribution in [0.2, 0.25) is 0 Å². The Morgan fingerprint density at radius 2 is 1.88 bits per heavy atom. The number of nitrogens with one attached hydrogen (secondary N) is 1. The fourth-order valence-corrected chi connectivity index (χ4v) is 2.25. The Morgan fingerprint density at radius 1 is 1.20 bits per heavy atom. The summed E-state index contributed by atoms with van der Waals surface area (Å²) in [6, 6.07) is 6.89. The van der Waals surface area contributed by atoms with Crippen molar-refractivity contribution >= 4 is 12.1 Å². The quantitative estimate of drug-likeness (QED) is 0.435. The molecule has 1 atom stereocenters. The van der Waals surface area contributed by atoms with Crippen LogP contribution in [-0.4, -0.2) is 31.4 Å². The van der Waals surface area contributed by atoms with Gasteiger partial charge in [-0.15, -0.1) is 0 Å². The fourth-order valence-electron chi connectivity index (χ4n) is 2.25. The lowest BCUT2D eigenvalue weighted by atomic mass is 10.0. The smallest absolute Gasteiger partial charge is 0.408 e. The molecule has 25 heavy (non-hydrogen) atoms. The number of benzene rings is 1. The number of rotatable bonds is 8. The van der Waals surface area contributed by atoms with Crippen molar-refractivity contribution in [2.24, 2.45) is 0 Å². The predicted octanol–water partition coefficient (Wildman–Crippen LogP) is 3.99. The minimum absolute atomic E-state index is 0.276. The molecule has 0 bridgehead atoms. The lowest BCUT2D eigenvalue weighted by Crippen LogP contribution is -2.35. The van der Waals surface area contributed by atoms with Crippen LogP contribution in [0.5, 0.6) is 5.75 Å². The summed E-state index contributed by atoms with van der Waals surface area (Å²) < 4.78 is 15.7. The number of para-hydroxylation sites is 1. The van der Waals surface area contributed by atoms with E-state index in [4.69, 9.17) is 14.2 Å². The molecule has 1 unspecified atom stereocenters. The van der Waals surface area contributed by atoms with Crippen LogP contribution in [0.3, 0.4) is 0 Å². The van der Waals surface area contributed by atoms with Gasteiger partial charge in [0.2, 0.25) is 0 Å². The van der Waals surface area contributed by atoms with E-state index >= 15 is 0 Å². The van der Waals surface area contributed by atoms with Gasteiger partial charge in [-0.1, -0.05) is 25.1 Å². The van der Waals surface area contributed by atoms with E-state index in [0.29, 0.717) is 25.2 Å². The molecule has 1 N–H and O–H groups in total. The van der Waals surface area contributed by atoms with Gasteiger partial charge in [0.15, 0.2) is 0 Å². The van der Waals surface area contributed by atoms with Gasteiger partial charge in [0.25, 0.3) is 0 Å². The standard InChI is InChI=1S/C19H29NO5/c1-6-15(20-18(22)25-19(2,3)4)14-10-7-8-11-16(14)24-17(21)12-9-13-23-5/h7-8,10-11,15H,6,9,12-13H2,1-5H3,(H,20,22). The molecule has 0 fully saturated rings. The Morgan fingerprint density at radius 3 is 2.48 bits per heavy atom. The number of ether oxygens (including phenoxy) is 3. The van der Waals surface area contributed by atoms with Crippen molar-refractivity contribution in [2.75, 3.05) is 13.7 Å². The van der Waals surface area contributed by atoms with Crippen LogP contribution in [0.15, 0.2) is 24.3 Å². The molecule has 140 valence electrons. The maximum absolute atomic E-state index is 12.1. The summed E-state index contributed by atoms with van der Waals surface area (Å²) in [6.07, 6.45) is 1.02. The highest BCUT2D eigenvalue weighted by Crippen LogP contribution is 2.28. The normalized spacial score (nSPS) is 12.4. The molecular formula is C19H29NO5. The third kappa shape index (κ3) is 8.03. The molecule has 0 heterocycles. The third-order valence-electron chi connectivity index (χ3n) is 3.35. The maximum atomic E-state index is 12.1. The van der Waals surface area contributed by atoms with Crippen molar-refractivity contribution in [3.63, 3.8) is 0 Å². The Balaban J connectivity index is 2.81. The van der Waals surface area contributed by atoms with E-state index in [1.165, 1.54) is 0 Å². The Labute approximate surface area is 149 Å². The minimum Gasteiger partial charge on any atom is -0.444 e. The van der Waals surface area contributed by atoms with Crippen LogP contribution >= 0.6 is 0 Å². The van der Waals surface area contributed by atoms with Crippen molar-refractivity contribution in [1.29, 1.82) is 0 Å². The number of esters is 1. The van der Waals surface area contributed by atoms with Crippen LogP contribution in [0.25, 0.3) is 0 Å². The van der Waals surface area contributed by atoms with E-state index in [1.807, 2.05) is 39.8 Å². The number of hydrogen-bond acceptors (Lipinski definition) is 5. The van der Waals surface area contributed by atoms with Crippen LogP contribution in [0.1, 0.15) is 58.6 Å². The van der Waals surface area contributed by atoms with Gasteiger partial charge in [-0.2, -0.15) is 0 Å². The van der Waals surface area contributed by atoms with Gasteiger partial charge in [0.1, 0.15) is 11.4 Å². The molecule has 0 spiro atoms. The number of methoxy groups -OCH3 is 1. The van der Waals surface area contributed by atoms with Gasteiger partial charge in [-0.05, 0) is 39.7 Å². The van der Waals surface area contributed by atoms with E-state index in [1.54, 1.807) is 19.2 Å². The summed E-state index contributed by atoms with van der Waals surface area (Å²) in [5, 5.41) is 2.83. The summed E-state index contributed by atoms with van der Waals surface area (Å²) in [4.78, 5) is 24.0. The minimum atomic E-state index is -0.574. The lowest BCUT2D eigenvalue weighted by molar-refractivity contribution is -0.134. The second kappa shape index (κ2) is 10.0. The Hall–Kier alpha value is -2.08. The molecule has 1 rings (SSSR count). The van der Waals surface area contributed by atoms with Crippen LogP contribution in [0, 0.1) is 0 Å². The molecule has 0 saturated carbocycles. The number of carbonyl (C=O) groups is 2. The van der Waals surface area contributed by atoms with Crippen molar-refractivity contribution in [3.8, 4) is 5.75 Å². The predicted molar refractivity (Wildman–Crippen MR) is 95.6 cm³/mol. The Kier molecular flexibility index (Phi) is 8.41. The molecule has 1 aromatic rings. The van der Waals surface area contributed by atoms with Crippen LogP contribution in [0.4, 0.5) is 4.79 Å². The van der Waals surface area contributed by atoms with Gasteiger partial charge in [-0.25, -0.2) is 4.79 Å². The SMILES string of the molecule is CCC(NC(=O)OC(C)(C)C)c1ccccc1OC(=O)CCCOC. The average Bonchev–Trinajstić information content (AvgIpc) is 2.52. The number of carbonyl (C=O) groups excluding carboxylic acids is 2. The largest absolute Gasteiger partial charge is 0.444 e. The van der Waals surface area contributed by atoms with E-state index in [9.17, 15) is 9.59 Å². The van der Waals surface area contributed by atoms with E-state index in [-0.39, 0.29) is 18.4 Å². The highest BCUT2D eigenvalue weighted by atomic mass is 16.6. The molecule has 6 nitrogen and oxygen atoms in total. The topological polar surface area (TPSA) is 73.9 Å². The monoisotopic (exact) mass is 351 g/mol. The summed E-state index contributed by atoms with van der Waals surface area (Å²) in [5.41, 5.74) is 0.173. The first kappa shape index (κ1) is 21.0. The Bertz CT molecular complexity index is 565. The highest BCUT2D eigenvalue weighted by Gasteiger charge is 2.22. The summed E-state index contributed by atoms with van der Waals surface area (Å²) in [6.45, 7) is 7.88. The van der Waals surface area contributed by atoms with Crippen molar-refractivity contribution < 1.29 is 23.8 Å². The third-order valence-corrected chi connectivity index (χ3v) is 3.35. The van der Waals surface area contributed by atoms with E-state index in [2.05, 4.69) is 5.32 Å². The molecular weight excluding hydrogens is 322 g/mol. The average molecular weight is 351 g/mol. The molecule has 0 saturated heterocycles. The first-order valence-corrected chi connectivity index (χ1v) is 8.55. The first-order valence-electron chi connectivity index (χ1n) is 8.55. The number of alkyl carbamates (subject to hydrolysis) is 1. The van der Waals surface area contributed by atoms with Crippen molar-refractivity contribution in [1.82, 2.24) is 5.32 Å². The zero-order chi connectivity index (χ0) is 18.9. The molecule has 1 amide bonds. The van der Waals surface area contributed by atoms with Gasteiger partial charge in [-0.3, -0.25) is 4.79 Å². The van der Waals surface area contributed by atoms with Crippen LogP contribution in [-0.2, 0) is 14.3 Å². The molecule has 6 heteroatoms. The second-order valence-electron chi connectivity index (χ2n) is 6.72. The molecule has 0 aliphatic rings.